The number of unbranched alkanes of at least 4 members (excludes halogenated alkanes) is 1. The predicted molar refractivity (Wildman–Crippen MR) is 114 cm³/mol. The maximum absolute atomic E-state index is 12.1. The lowest BCUT2D eigenvalue weighted by Gasteiger charge is -2.23. The highest BCUT2D eigenvalue weighted by Crippen LogP contribution is 2.29. The minimum absolute atomic E-state index is 0.00850. The van der Waals surface area contributed by atoms with E-state index in [2.05, 4.69) is 22.2 Å². The van der Waals surface area contributed by atoms with Gasteiger partial charge < -0.3 is 10.1 Å². The molecule has 0 unspecified atom stereocenters. The lowest BCUT2D eigenvalue weighted by atomic mass is 10.0. The maximum atomic E-state index is 12.1. The zero-order chi connectivity index (χ0) is 20.2. The summed E-state index contributed by atoms with van der Waals surface area (Å²) in [6.45, 7) is 7.97. The van der Waals surface area contributed by atoms with Crippen LogP contribution in [0, 0.1) is 0 Å². The number of carbonyl (C=O) groups is 1. The summed E-state index contributed by atoms with van der Waals surface area (Å²) in [5, 5.41) is 7.84. The van der Waals surface area contributed by atoms with Gasteiger partial charge in [0.25, 0.3) is 0 Å². The van der Waals surface area contributed by atoms with Crippen molar-refractivity contribution in [3.8, 4) is 16.9 Å². The molecule has 0 amide bonds. The Kier molecular flexibility index (Phi) is 5.76. The molecule has 3 aromatic rings. The summed E-state index contributed by atoms with van der Waals surface area (Å²) in [6.07, 6.45) is 6.01. The summed E-state index contributed by atoms with van der Waals surface area (Å²) in [4.78, 5) is 19.2. The maximum Gasteiger partial charge on any atom is 0.165 e. The lowest BCUT2D eigenvalue weighted by Crippen LogP contribution is -2.33. The Bertz CT molecular complexity index is 1010. The molecule has 2 aromatic heterocycles. The summed E-state index contributed by atoms with van der Waals surface area (Å²) in [6, 6.07) is 7.60. The number of Topliss-reactive ketones (excluding diaryl/α,β-unsaturated/α-hetero) is 1. The topological polar surface area (TPSA) is 71.8 Å². The minimum atomic E-state index is 0.00850. The molecule has 0 atom stereocenters. The van der Waals surface area contributed by atoms with Crippen molar-refractivity contribution in [3.63, 3.8) is 0 Å². The van der Waals surface area contributed by atoms with E-state index >= 15 is 0 Å². The highest BCUT2D eigenvalue weighted by atomic mass is 16.5. The van der Waals surface area contributed by atoms with Crippen LogP contribution in [-0.2, 0) is 0 Å². The van der Waals surface area contributed by atoms with E-state index in [4.69, 9.17) is 9.72 Å². The highest BCUT2D eigenvalue weighted by Gasteiger charge is 2.14. The van der Waals surface area contributed by atoms with Gasteiger partial charge in [0.2, 0.25) is 0 Å². The van der Waals surface area contributed by atoms with Crippen molar-refractivity contribution in [3.05, 3.63) is 42.2 Å². The van der Waals surface area contributed by atoms with Crippen LogP contribution in [0.3, 0.4) is 0 Å². The molecule has 152 valence electrons. The Hall–Kier alpha value is -2.93. The largest absolute Gasteiger partial charge is 0.492 e. The molecular weight excluding hydrogens is 366 g/mol. The monoisotopic (exact) mass is 393 g/mol. The number of carbonyl (C=O) groups excluding carboxylic acids is 1. The average molecular weight is 393 g/mol. The molecule has 4 rings (SSSR count). The first-order valence-electron chi connectivity index (χ1n) is 10.2. The summed E-state index contributed by atoms with van der Waals surface area (Å²) < 4.78 is 7.81. The van der Waals surface area contributed by atoms with Gasteiger partial charge in [0.05, 0.1) is 6.20 Å². The highest BCUT2D eigenvalue weighted by molar-refractivity contribution is 5.96. The van der Waals surface area contributed by atoms with Crippen LogP contribution in [0.2, 0.25) is 0 Å². The van der Waals surface area contributed by atoms with Crippen LogP contribution >= 0.6 is 0 Å². The van der Waals surface area contributed by atoms with Gasteiger partial charge in [-0.1, -0.05) is 13.3 Å². The number of aromatic nitrogens is 3. The number of hydrogen-bond acceptors (Lipinski definition) is 6. The second-order valence-corrected chi connectivity index (χ2v) is 7.41. The molecule has 3 heterocycles. The Morgan fingerprint density at radius 1 is 1.28 bits per heavy atom. The summed E-state index contributed by atoms with van der Waals surface area (Å²) in [5.74, 6) is 1.54. The number of nitrogens with one attached hydrogen (secondary N) is 1. The third-order valence-electron chi connectivity index (χ3n) is 5.23. The lowest BCUT2D eigenvalue weighted by molar-refractivity contribution is 0.101. The predicted octanol–water partition coefficient (Wildman–Crippen LogP) is 3.51. The second kappa shape index (κ2) is 8.61. The summed E-state index contributed by atoms with van der Waals surface area (Å²) in [5.41, 5.74) is 3.14. The van der Waals surface area contributed by atoms with E-state index in [1.807, 2.05) is 30.5 Å². The Morgan fingerprint density at radius 3 is 3.00 bits per heavy atom. The van der Waals surface area contributed by atoms with Crippen LogP contribution < -0.4 is 10.1 Å². The van der Waals surface area contributed by atoms with Gasteiger partial charge in [-0.25, -0.2) is 9.50 Å². The zero-order valence-electron chi connectivity index (χ0n) is 17.0. The van der Waals surface area contributed by atoms with Gasteiger partial charge in [-0.15, -0.1) is 0 Å². The molecule has 1 aromatic carbocycles. The molecule has 0 fully saturated rings. The summed E-state index contributed by atoms with van der Waals surface area (Å²) >= 11 is 0. The smallest absolute Gasteiger partial charge is 0.165 e. The van der Waals surface area contributed by atoms with Crippen molar-refractivity contribution in [2.24, 2.45) is 0 Å². The van der Waals surface area contributed by atoms with Gasteiger partial charge in [0.1, 0.15) is 18.2 Å². The number of nitrogens with zero attached hydrogens (tertiary/aromatic N) is 4. The van der Waals surface area contributed by atoms with Crippen LogP contribution in [0.1, 0.15) is 37.0 Å². The number of rotatable bonds is 4. The minimum Gasteiger partial charge on any atom is -0.492 e. The third-order valence-corrected chi connectivity index (χ3v) is 5.23. The van der Waals surface area contributed by atoms with Gasteiger partial charge in [0.15, 0.2) is 11.4 Å². The van der Waals surface area contributed by atoms with Crippen LogP contribution in [0.15, 0.2) is 36.7 Å². The van der Waals surface area contributed by atoms with E-state index in [-0.39, 0.29) is 5.78 Å². The Morgan fingerprint density at radius 2 is 2.17 bits per heavy atom. The molecule has 1 aliphatic heterocycles. The second-order valence-electron chi connectivity index (χ2n) is 7.41. The number of ketones is 1. The van der Waals surface area contributed by atoms with E-state index in [0.29, 0.717) is 17.9 Å². The van der Waals surface area contributed by atoms with Gasteiger partial charge in [0, 0.05) is 37.0 Å². The Labute approximate surface area is 170 Å². The number of benzene rings is 1. The molecule has 7 heteroatoms. The van der Waals surface area contributed by atoms with E-state index in [0.717, 1.165) is 61.6 Å². The number of anilines is 1. The average Bonchev–Trinajstić information content (AvgIpc) is 3.14. The zero-order valence-corrected chi connectivity index (χ0v) is 17.0. The van der Waals surface area contributed by atoms with Gasteiger partial charge in [-0.2, -0.15) is 5.10 Å². The van der Waals surface area contributed by atoms with E-state index in [1.165, 1.54) is 0 Å². The molecule has 0 aliphatic carbocycles. The van der Waals surface area contributed by atoms with E-state index in [1.54, 1.807) is 17.6 Å². The van der Waals surface area contributed by atoms with Crippen molar-refractivity contribution in [2.75, 3.05) is 38.1 Å². The first kappa shape index (κ1) is 19.4. The molecular formula is C22H27N5O2. The number of ether oxygens (including phenoxy) is 1. The molecule has 7 nitrogen and oxygen atoms in total. The van der Waals surface area contributed by atoms with Crippen molar-refractivity contribution >= 4 is 17.2 Å². The molecule has 0 radical (unpaired) electrons. The molecule has 0 saturated carbocycles. The van der Waals surface area contributed by atoms with Crippen LogP contribution in [0.25, 0.3) is 16.8 Å². The molecule has 0 saturated heterocycles. The standard InChI is InChI=1S/C22H27N5O2/c1-3-4-7-26-9-6-23-21-5-8-27-22(25-21)20(15-24-27)18-12-17(16(2)28)13-19(14-18)29-11-10-26/h5,8,12-15H,3-4,6-7,9-11H2,1-2H3,(H,23,25). The SMILES string of the molecule is CCCCN1CCNc2ccn3ncc(c3n2)-c2cc(cc(C(C)=O)c2)OCC1. The first-order valence-corrected chi connectivity index (χ1v) is 10.2. The van der Waals surface area contributed by atoms with Gasteiger partial charge in [-0.3, -0.25) is 9.69 Å². The van der Waals surface area contributed by atoms with E-state index in [9.17, 15) is 4.79 Å². The number of hydrogen-bond donors (Lipinski definition) is 1. The van der Waals surface area contributed by atoms with Crippen molar-refractivity contribution in [1.29, 1.82) is 0 Å². The summed E-state index contributed by atoms with van der Waals surface area (Å²) in [7, 11) is 0. The quantitative estimate of drug-likeness (QED) is 0.684. The van der Waals surface area contributed by atoms with Crippen LogP contribution in [0.4, 0.5) is 5.82 Å². The number of fused-ring (bicyclic) bond motifs is 4. The van der Waals surface area contributed by atoms with Crippen molar-refractivity contribution in [2.45, 2.75) is 26.7 Å². The third kappa shape index (κ3) is 4.40. The normalized spacial score (nSPS) is 15.0. The van der Waals surface area contributed by atoms with E-state index < -0.39 is 0 Å². The fraction of sp³-hybridized carbons (Fsp3) is 0.409. The molecule has 4 bridgehead atoms. The van der Waals surface area contributed by atoms with Crippen molar-refractivity contribution in [1.82, 2.24) is 19.5 Å². The fourth-order valence-electron chi connectivity index (χ4n) is 3.56. The Balaban J connectivity index is 1.75. The first-order chi connectivity index (χ1) is 14.1. The van der Waals surface area contributed by atoms with Gasteiger partial charge >= 0.3 is 0 Å². The fourth-order valence-corrected chi connectivity index (χ4v) is 3.56. The molecule has 0 spiro atoms. The van der Waals surface area contributed by atoms with Crippen LogP contribution in [0.5, 0.6) is 5.75 Å². The van der Waals surface area contributed by atoms with Gasteiger partial charge in [-0.05, 0) is 49.7 Å². The molecule has 1 aliphatic rings. The molecule has 1 N–H and O–H groups in total. The molecule has 29 heavy (non-hydrogen) atoms. The van der Waals surface area contributed by atoms with Crippen LogP contribution in [-0.4, -0.2) is 58.1 Å². The van der Waals surface area contributed by atoms with Crippen molar-refractivity contribution < 1.29 is 9.53 Å².